The van der Waals surface area contributed by atoms with E-state index in [1.165, 1.54) is 0 Å². The lowest BCUT2D eigenvalue weighted by atomic mass is 10.2. The number of thiophene rings is 1. The third-order valence-corrected chi connectivity index (χ3v) is 5.10. The summed E-state index contributed by atoms with van der Waals surface area (Å²) < 4.78 is 12.2. The molecule has 0 saturated heterocycles. The predicted octanol–water partition coefficient (Wildman–Crippen LogP) is 3.58. The predicted molar refractivity (Wildman–Crippen MR) is 119 cm³/mol. The van der Waals surface area contributed by atoms with Crippen LogP contribution in [0.3, 0.4) is 0 Å². The van der Waals surface area contributed by atoms with Crippen molar-refractivity contribution in [3.63, 3.8) is 0 Å². The van der Waals surface area contributed by atoms with E-state index in [9.17, 15) is 9.59 Å². The molecule has 0 spiro atoms. The van der Waals surface area contributed by atoms with E-state index in [2.05, 4.69) is 15.8 Å². The van der Waals surface area contributed by atoms with Crippen LogP contribution in [0.2, 0.25) is 0 Å². The summed E-state index contributed by atoms with van der Waals surface area (Å²) in [4.78, 5) is 24.4. The SMILES string of the molecule is CCOc1ccc(C(=O)NCC(=O)NN=Cc2csc3ccccc23)cc1OCC. The van der Waals surface area contributed by atoms with Gasteiger partial charge in [0.15, 0.2) is 11.5 Å². The molecule has 0 atom stereocenters. The maximum atomic E-state index is 12.4. The summed E-state index contributed by atoms with van der Waals surface area (Å²) in [6, 6.07) is 12.9. The Morgan fingerprint density at radius 1 is 1.07 bits per heavy atom. The highest BCUT2D eigenvalue weighted by Crippen LogP contribution is 2.28. The van der Waals surface area contributed by atoms with Crippen LogP contribution in [0.1, 0.15) is 29.8 Å². The van der Waals surface area contributed by atoms with Crippen LogP contribution in [0.15, 0.2) is 52.9 Å². The Kier molecular flexibility index (Phi) is 7.40. The van der Waals surface area contributed by atoms with Gasteiger partial charge in [0.2, 0.25) is 0 Å². The summed E-state index contributed by atoms with van der Waals surface area (Å²) in [6.07, 6.45) is 1.60. The van der Waals surface area contributed by atoms with Crippen LogP contribution < -0.4 is 20.2 Å². The van der Waals surface area contributed by atoms with Gasteiger partial charge in [-0.25, -0.2) is 5.43 Å². The number of nitrogens with zero attached hydrogens (tertiary/aromatic N) is 1. The van der Waals surface area contributed by atoms with E-state index in [0.717, 1.165) is 15.6 Å². The minimum absolute atomic E-state index is 0.197. The molecule has 30 heavy (non-hydrogen) atoms. The molecule has 1 aromatic heterocycles. The lowest BCUT2D eigenvalue weighted by Crippen LogP contribution is -2.34. The Morgan fingerprint density at radius 2 is 1.83 bits per heavy atom. The number of carbonyl (C=O) groups is 2. The van der Waals surface area contributed by atoms with Gasteiger partial charge in [0, 0.05) is 26.6 Å². The number of amides is 2. The molecular formula is C22H23N3O4S. The van der Waals surface area contributed by atoms with Crippen LogP contribution >= 0.6 is 11.3 Å². The van der Waals surface area contributed by atoms with E-state index in [1.807, 2.05) is 43.5 Å². The summed E-state index contributed by atoms with van der Waals surface area (Å²) in [6.45, 7) is 4.47. The molecule has 1 heterocycles. The highest BCUT2D eigenvalue weighted by Gasteiger charge is 2.12. The molecule has 0 bridgehead atoms. The summed E-state index contributed by atoms with van der Waals surface area (Å²) in [5, 5.41) is 9.61. The topological polar surface area (TPSA) is 89.0 Å². The van der Waals surface area contributed by atoms with Crippen LogP contribution in [0, 0.1) is 0 Å². The van der Waals surface area contributed by atoms with Crippen molar-refractivity contribution in [2.24, 2.45) is 5.10 Å². The van der Waals surface area contributed by atoms with Crippen molar-refractivity contribution in [3.8, 4) is 11.5 Å². The second-order valence-corrected chi connectivity index (χ2v) is 7.10. The molecule has 7 nitrogen and oxygen atoms in total. The van der Waals surface area contributed by atoms with Gasteiger partial charge in [-0.2, -0.15) is 5.10 Å². The Labute approximate surface area is 178 Å². The van der Waals surface area contributed by atoms with Crippen LogP contribution in [-0.2, 0) is 4.79 Å². The zero-order valence-electron chi connectivity index (χ0n) is 16.8. The van der Waals surface area contributed by atoms with E-state index < -0.39 is 5.91 Å². The third-order valence-electron chi connectivity index (χ3n) is 4.12. The number of rotatable bonds is 9. The van der Waals surface area contributed by atoms with Crippen LogP contribution in [0.4, 0.5) is 0 Å². The fourth-order valence-corrected chi connectivity index (χ4v) is 3.68. The van der Waals surface area contributed by atoms with Crippen molar-refractivity contribution < 1.29 is 19.1 Å². The first-order valence-electron chi connectivity index (χ1n) is 9.58. The second kappa shape index (κ2) is 10.4. The van der Waals surface area contributed by atoms with Crippen molar-refractivity contribution in [3.05, 3.63) is 59.0 Å². The number of nitrogens with one attached hydrogen (secondary N) is 2. The molecule has 0 saturated carbocycles. The summed E-state index contributed by atoms with van der Waals surface area (Å²) in [5.41, 5.74) is 3.73. The smallest absolute Gasteiger partial charge is 0.259 e. The molecule has 8 heteroatoms. The molecule has 3 aromatic rings. The van der Waals surface area contributed by atoms with E-state index in [1.54, 1.807) is 35.8 Å². The van der Waals surface area contributed by atoms with E-state index >= 15 is 0 Å². The van der Waals surface area contributed by atoms with Crippen LogP contribution in [-0.4, -0.2) is 37.8 Å². The first-order chi connectivity index (χ1) is 14.6. The lowest BCUT2D eigenvalue weighted by molar-refractivity contribution is -0.120. The molecule has 156 valence electrons. The number of ether oxygens (including phenoxy) is 2. The minimum atomic E-state index is -0.421. The Balaban J connectivity index is 1.54. The molecule has 3 rings (SSSR count). The lowest BCUT2D eigenvalue weighted by Gasteiger charge is -2.12. The molecule has 0 unspecified atom stereocenters. The number of hydrogen-bond acceptors (Lipinski definition) is 6. The number of hydrazone groups is 1. The van der Waals surface area contributed by atoms with Crippen molar-refractivity contribution >= 4 is 39.5 Å². The average Bonchev–Trinajstić information content (AvgIpc) is 3.17. The largest absolute Gasteiger partial charge is 0.490 e. The molecule has 2 N–H and O–H groups in total. The van der Waals surface area contributed by atoms with E-state index in [-0.39, 0.29) is 12.5 Å². The van der Waals surface area contributed by atoms with E-state index in [4.69, 9.17) is 9.47 Å². The minimum Gasteiger partial charge on any atom is -0.490 e. The van der Waals surface area contributed by atoms with Crippen LogP contribution in [0.25, 0.3) is 10.1 Å². The maximum absolute atomic E-state index is 12.4. The average molecular weight is 426 g/mol. The molecule has 0 aliphatic heterocycles. The first kappa shape index (κ1) is 21.3. The van der Waals surface area contributed by atoms with Gasteiger partial charge in [0.1, 0.15) is 0 Å². The molecular weight excluding hydrogens is 402 g/mol. The van der Waals surface area contributed by atoms with Gasteiger partial charge in [-0.1, -0.05) is 18.2 Å². The monoisotopic (exact) mass is 425 g/mol. The normalized spacial score (nSPS) is 10.9. The highest BCUT2D eigenvalue weighted by atomic mass is 32.1. The van der Waals surface area contributed by atoms with Crippen molar-refractivity contribution in [2.75, 3.05) is 19.8 Å². The van der Waals surface area contributed by atoms with Gasteiger partial charge in [-0.3, -0.25) is 9.59 Å². The Morgan fingerprint density at radius 3 is 2.63 bits per heavy atom. The quantitative estimate of drug-likeness (QED) is 0.405. The Hall–Kier alpha value is -3.39. The second-order valence-electron chi connectivity index (χ2n) is 6.19. The standard InChI is InChI=1S/C22H23N3O4S/c1-3-28-18-10-9-15(11-19(18)29-4-2)22(27)23-13-21(26)25-24-12-16-14-30-20-8-6-5-7-17(16)20/h5-12,14H,3-4,13H2,1-2H3,(H,23,27)(H,25,26). The fraction of sp³-hybridized carbons (Fsp3) is 0.227. The molecule has 2 amide bonds. The molecule has 2 aromatic carbocycles. The fourth-order valence-electron chi connectivity index (χ4n) is 2.77. The van der Waals surface area contributed by atoms with E-state index in [0.29, 0.717) is 30.3 Å². The maximum Gasteiger partial charge on any atom is 0.259 e. The zero-order chi connectivity index (χ0) is 21.3. The van der Waals surface area contributed by atoms with Gasteiger partial charge in [-0.05, 0) is 38.1 Å². The molecule has 0 radical (unpaired) electrons. The third kappa shape index (κ3) is 5.36. The van der Waals surface area contributed by atoms with Gasteiger partial charge in [0.05, 0.1) is 26.0 Å². The summed E-state index contributed by atoms with van der Waals surface area (Å²) in [7, 11) is 0. The summed E-state index contributed by atoms with van der Waals surface area (Å²) >= 11 is 1.61. The number of fused-ring (bicyclic) bond motifs is 1. The summed E-state index contributed by atoms with van der Waals surface area (Å²) in [5.74, 6) is 0.255. The number of hydrogen-bond donors (Lipinski definition) is 2. The highest BCUT2D eigenvalue weighted by molar-refractivity contribution is 7.17. The molecule has 0 fully saturated rings. The number of benzene rings is 2. The van der Waals surface area contributed by atoms with Crippen LogP contribution in [0.5, 0.6) is 11.5 Å². The van der Waals surface area contributed by atoms with Gasteiger partial charge in [0.25, 0.3) is 11.8 Å². The van der Waals surface area contributed by atoms with Gasteiger partial charge in [-0.15, -0.1) is 11.3 Å². The molecule has 0 aliphatic rings. The van der Waals surface area contributed by atoms with Crippen molar-refractivity contribution in [1.82, 2.24) is 10.7 Å². The van der Waals surface area contributed by atoms with Crippen molar-refractivity contribution in [2.45, 2.75) is 13.8 Å². The van der Waals surface area contributed by atoms with Gasteiger partial charge < -0.3 is 14.8 Å². The van der Waals surface area contributed by atoms with Gasteiger partial charge >= 0.3 is 0 Å². The Bertz CT molecular complexity index is 1060. The molecule has 0 aliphatic carbocycles. The zero-order valence-corrected chi connectivity index (χ0v) is 17.6. The van der Waals surface area contributed by atoms with Crippen molar-refractivity contribution in [1.29, 1.82) is 0 Å². The first-order valence-corrected chi connectivity index (χ1v) is 10.5. The number of carbonyl (C=O) groups excluding carboxylic acids is 2.